The van der Waals surface area contributed by atoms with Crippen molar-refractivity contribution in [1.82, 2.24) is 0 Å². The third-order valence-corrected chi connectivity index (χ3v) is 10.6. The summed E-state index contributed by atoms with van der Waals surface area (Å²) in [6.45, 7) is 2.17. The summed E-state index contributed by atoms with van der Waals surface area (Å²) < 4.78 is 6.85. The van der Waals surface area contributed by atoms with Crippen molar-refractivity contribution in [1.29, 1.82) is 0 Å². The lowest BCUT2D eigenvalue weighted by atomic mass is 9.34. The molecule has 0 radical (unpaired) electrons. The Morgan fingerprint density at radius 2 is 0.923 bits per heavy atom. The second-order valence-electron chi connectivity index (χ2n) is 13.8. The molecule has 2 aliphatic heterocycles. The van der Waals surface area contributed by atoms with Gasteiger partial charge in [0.25, 0.3) is 6.71 Å². The van der Waals surface area contributed by atoms with Crippen LogP contribution in [0.15, 0.2) is 188 Å². The maximum Gasteiger partial charge on any atom is 0.256 e. The zero-order valence-corrected chi connectivity index (χ0v) is 28.8. The Morgan fingerprint density at radius 1 is 0.385 bits per heavy atom. The van der Waals surface area contributed by atoms with E-state index in [0.29, 0.717) is 0 Å². The van der Waals surface area contributed by atoms with Crippen LogP contribution in [0.1, 0.15) is 5.56 Å². The van der Waals surface area contributed by atoms with Crippen LogP contribution in [0.4, 0.5) is 17.1 Å². The molecule has 0 N–H and O–H groups in total. The molecule has 3 heteroatoms. The summed E-state index contributed by atoms with van der Waals surface area (Å²) >= 11 is 0. The van der Waals surface area contributed by atoms with Crippen LogP contribution in [0.25, 0.3) is 44.5 Å². The summed E-state index contributed by atoms with van der Waals surface area (Å²) in [5.41, 5.74) is 17.8. The SMILES string of the molecule is Cc1cc2c3c(c1)N(c1ccc(-c4ccccc4)cc1-c1ccccc1)c1cc(-c4ccccc4)ccc1B3c1cc(-c3ccccc3)ccc1O2. The zero-order chi connectivity index (χ0) is 34.6. The fourth-order valence-corrected chi connectivity index (χ4v) is 8.15. The predicted molar refractivity (Wildman–Crippen MR) is 219 cm³/mol. The van der Waals surface area contributed by atoms with Gasteiger partial charge in [0.15, 0.2) is 0 Å². The first-order valence-corrected chi connectivity index (χ1v) is 18.0. The highest BCUT2D eigenvalue weighted by Gasteiger charge is 2.42. The van der Waals surface area contributed by atoms with Gasteiger partial charge in [0.1, 0.15) is 11.5 Å². The van der Waals surface area contributed by atoms with E-state index >= 15 is 0 Å². The van der Waals surface area contributed by atoms with Crippen LogP contribution in [0.2, 0.25) is 0 Å². The minimum Gasteiger partial charge on any atom is -0.458 e. The van der Waals surface area contributed by atoms with Gasteiger partial charge in [-0.05, 0) is 104 Å². The summed E-state index contributed by atoms with van der Waals surface area (Å²) in [5.74, 6) is 1.84. The molecule has 0 atom stereocenters. The van der Waals surface area contributed by atoms with Crippen LogP contribution in [0.3, 0.4) is 0 Å². The molecule has 244 valence electrons. The molecule has 52 heavy (non-hydrogen) atoms. The molecule has 2 nitrogen and oxygen atoms in total. The molecule has 0 aliphatic carbocycles. The summed E-state index contributed by atoms with van der Waals surface area (Å²) in [6.07, 6.45) is 0. The Morgan fingerprint density at radius 3 is 1.56 bits per heavy atom. The van der Waals surface area contributed by atoms with E-state index < -0.39 is 0 Å². The molecule has 0 saturated heterocycles. The van der Waals surface area contributed by atoms with Gasteiger partial charge in [-0.25, -0.2) is 0 Å². The van der Waals surface area contributed by atoms with Crippen molar-refractivity contribution < 1.29 is 4.74 Å². The number of aryl methyl sites for hydroxylation is 1. The van der Waals surface area contributed by atoms with Gasteiger partial charge in [-0.3, -0.25) is 0 Å². The van der Waals surface area contributed by atoms with Gasteiger partial charge in [0.2, 0.25) is 0 Å². The first kappa shape index (κ1) is 30.3. The van der Waals surface area contributed by atoms with Crippen molar-refractivity contribution in [3.63, 3.8) is 0 Å². The zero-order valence-electron chi connectivity index (χ0n) is 28.8. The fourth-order valence-electron chi connectivity index (χ4n) is 8.15. The van der Waals surface area contributed by atoms with Gasteiger partial charge >= 0.3 is 0 Å². The van der Waals surface area contributed by atoms with E-state index in [0.717, 1.165) is 28.4 Å². The number of hydrogen-bond acceptors (Lipinski definition) is 2. The largest absolute Gasteiger partial charge is 0.458 e. The number of anilines is 3. The minimum atomic E-state index is -0.00199. The van der Waals surface area contributed by atoms with Crippen LogP contribution in [0.5, 0.6) is 11.5 Å². The van der Waals surface area contributed by atoms with Gasteiger partial charge < -0.3 is 9.64 Å². The molecule has 0 saturated carbocycles. The molecule has 10 rings (SSSR count). The van der Waals surface area contributed by atoms with Gasteiger partial charge in [-0.1, -0.05) is 152 Å². The molecule has 8 aromatic carbocycles. The second kappa shape index (κ2) is 12.3. The molecule has 0 aromatic heterocycles. The van der Waals surface area contributed by atoms with E-state index in [9.17, 15) is 0 Å². The molecular formula is C49H34BNO. The lowest BCUT2D eigenvalue weighted by Crippen LogP contribution is -2.59. The normalized spacial score (nSPS) is 12.4. The lowest BCUT2D eigenvalue weighted by molar-refractivity contribution is 0.487. The Kier molecular flexibility index (Phi) is 7.18. The average Bonchev–Trinajstić information content (AvgIpc) is 3.21. The molecule has 0 amide bonds. The van der Waals surface area contributed by atoms with Gasteiger partial charge in [-0.2, -0.15) is 0 Å². The third kappa shape index (κ3) is 5.05. The predicted octanol–water partition coefficient (Wildman–Crippen LogP) is 11.1. The van der Waals surface area contributed by atoms with Gasteiger partial charge in [-0.15, -0.1) is 0 Å². The topological polar surface area (TPSA) is 12.5 Å². The van der Waals surface area contributed by atoms with Crippen molar-refractivity contribution in [3.8, 4) is 56.0 Å². The summed E-state index contributed by atoms with van der Waals surface area (Å²) in [6, 6.07) is 68.0. The van der Waals surface area contributed by atoms with Gasteiger partial charge in [0, 0.05) is 16.9 Å². The molecule has 8 aromatic rings. The van der Waals surface area contributed by atoms with Crippen molar-refractivity contribution >= 4 is 40.2 Å². The number of fused-ring (bicyclic) bond motifs is 4. The highest BCUT2D eigenvalue weighted by molar-refractivity contribution is 6.99. The standard InChI is InChI=1S/C49H34BNO/c1-33-28-46-49-48(29-33)52-47-27-24-39(35-16-8-3-9-17-35)31-43(47)50(49)42-25-22-40(36-18-10-4-11-19-36)32-45(42)51(46)44-26-23-38(34-14-6-2-7-15-34)30-41(44)37-20-12-5-13-21-37/h2-32H,1H3. The molecule has 0 bridgehead atoms. The smallest absolute Gasteiger partial charge is 0.256 e. The third-order valence-electron chi connectivity index (χ3n) is 10.6. The monoisotopic (exact) mass is 663 g/mol. The van der Waals surface area contributed by atoms with Crippen LogP contribution >= 0.6 is 0 Å². The van der Waals surface area contributed by atoms with Gasteiger partial charge in [0.05, 0.1) is 5.69 Å². The molecule has 2 aliphatic rings. The minimum absolute atomic E-state index is 0.00199. The van der Waals surface area contributed by atoms with Crippen molar-refractivity contribution in [3.05, 3.63) is 194 Å². The number of nitrogens with zero attached hydrogens (tertiary/aromatic N) is 1. The Bertz CT molecular complexity index is 2600. The highest BCUT2D eigenvalue weighted by Crippen LogP contribution is 2.46. The molecular weight excluding hydrogens is 629 g/mol. The molecule has 2 heterocycles. The van der Waals surface area contributed by atoms with Crippen LogP contribution in [-0.2, 0) is 0 Å². The Labute approximate surface area is 305 Å². The molecule has 0 spiro atoms. The number of hydrogen-bond donors (Lipinski definition) is 0. The van der Waals surface area contributed by atoms with Crippen molar-refractivity contribution in [2.24, 2.45) is 0 Å². The van der Waals surface area contributed by atoms with E-state index in [1.807, 2.05) is 0 Å². The van der Waals surface area contributed by atoms with E-state index in [1.165, 1.54) is 66.6 Å². The number of ether oxygens (including phenoxy) is 1. The van der Waals surface area contributed by atoms with Crippen molar-refractivity contribution in [2.45, 2.75) is 6.92 Å². The van der Waals surface area contributed by atoms with E-state index in [1.54, 1.807) is 0 Å². The number of benzene rings is 8. The van der Waals surface area contributed by atoms with E-state index in [2.05, 4.69) is 200 Å². The maximum atomic E-state index is 6.85. The van der Waals surface area contributed by atoms with E-state index in [-0.39, 0.29) is 6.71 Å². The summed E-state index contributed by atoms with van der Waals surface area (Å²) in [5, 5.41) is 0. The Hall–Kier alpha value is -6.58. The first-order chi connectivity index (χ1) is 25.7. The van der Waals surface area contributed by atoms with Crippen LogP contribution in [-0.4, -0.2) is 6.71 Å². The summed E-state index contributed by atoms with van der Waals surface area (Å²) in [7, 11) is 0. The summed E-state index contributed by atoms with van der Waals surface area (Å²) in [4.78, 5) is 2.50. The Balaban J connectivity index is 1.26. The molecule has 0 unspecified atom stereocenters. The lowest BCUT2D eigenvalue weighted by Gasteiger charge is -2.41. The van der Waals surface area contributed by atoms with Crippen LogP contribution in [0, 0.1) is 6.92 Å². The second-order valence-corrected chi connectivity index (χ2v) is 13.8. The quantitative estimate of drug-likeness (QED) is 0.170. The highest BCUT2D eigenvalue weighted by atomic mass is 16.5. The first-order valence-electron chi connectivity index (χ1n) is 18.0. The van der Waals surface area contributed by atoms with E-state index in [4.69, 9.17) is 4.74 Å². The van der Waals surface area contributed by atoms with Crippen molar-refractivity contribution in [2.75, 3.05) is 4.90 Å². The number of rotatable bonds is 5. The molecule has 0 fully saturated rings. The maximum absolute atomic E-state index is 6.85. The fraction of sp³-hybridized carbons (Fsp3) is 0.0204. The van der Waals surface area contributed by atoms with Crippen LogP contribution < -0.4 is 26.0 Å². The average molecular weight is 664 g/mol.